The number of aryl methyl sites for hydroxylation is 2. The van der Waals surface area contributed by atoms with Gasteiger partial charge in [0.05, 0.1) is 11.7 Å². The molecule has 2 nitrogen and oxygen atoms in total. The van der Waals surface area contributed by atoms with Crippen molar-refractivity contribution in [3.05, 3.63) is 69.4 Å². The predicted molar refractivity (Wildman–Crippen MR) is 217 cm³/mol. The number of thiophene rings is 4. The summed E-state index contributed by atoms with van der Waals surface area (Å²) in [5, 5.41) is 0. The maximum atomic E-state index is 4.82. The molecule has 252 valence electrons. The molecule has 5 heterocycles. The fourth-order valence-electron chi connectivity index (χ4n) is 8.07. The molecule has 0 bridgehead atoms. The van der Waals surface area contributed by atoms with Crippen LogP contribution in [-0.2, 0) is 5.41 Å². The first kappa shape index (κ1) is 34.3. The van der Waals surface area contributed by atoms with Gasteiger partial charge >= 0.3 is 0 Å². The fourth-order valence-corrected chi connectivity index (χ4v) is 13.2. The van der Waals surface area contributed by atoms with Crippen LogP contribution in [0.3, 0.4) is 0 Å². The molecule has 0 fully saturated rings. The van der Waals surface area contributed by atoms with Gasteiger partial charge in [-0.05, 0) is 86.1 Å². The van der Waals surface area contributed by atoms with Crippen molar-refractivity contribution in [1.29, 1.82) is 0 Å². The molecule has 0 N–H and O–H groups in total. The van der Waals surface area contributed by atoms with Gasteiger partial charge in [0, 0.05) is 55.6 Å². The molecule has 2 unspecified atom stereocenters. The number of nitrogens with zero attached hydrogens (tertiary/aromatic N) is 2. The minimum absolute atomic E-state index is 0.126. The van der Waals surface area contributed by atoms with E-state index in [9.17, 15) is 0 Å². The summed E-state index contributed by atoms with van der Waals surface area (Å²) in [5.41, 5.74) is 7.88. The Morgan fingerprint density at radius 2 is 1.15 bits per heavy atom. The zero-order valence-electron chi connectivity index (χ0n) is 29.3. The summed E-state index contributed by atoms with van der Waals surface area (Å²) in [4.78, 5) is 11.3. The highest BCUT2D eigenvalue weighted by Gasteiger charge is 2.47. The smallest absolute Gasteiger partial charge is 0.114 e. The third-order valence-electron chi connectivity index (χ3n) is 10.7. The van der Waals surface area contributed by atoms with E-state index in [1.807, 2.05) is 34.0 Å². The van der Waals surface area contributed by atoms with Gasteiger partial charge in [0.1, 0.15) is 11.0 Å². The number of aromatic nitrogens is 2. The fraction of sp³-hybridized carbons (Fsp3) is 0.463. The molecule has 2 atom stereocenters. The molecule has 1 aliphatic carbocycles. The second kappa shape index (κ2) is 14.6. The molecule has 5 aromatic heterocycles. The first-order chi connectivity index (χ1) is 23.4. The number of rotatable bonds is 15. The lowest BCUT2D eigenvalue weighted by molar-refractivity contribution is 0.266. The molecule has 0 amide bonds. The standard InChI is InChI=1S/C41H48N2S5/c1-7-11-13-27(9-3)23-41(24-28(10-4)14-12-8-2)31-21-26(6)45-39(31)40-32(41)22-36(47-40)35-20-19-34(46-35)30-17-16-29(33-18-15-25(5)44-33)37-38(30)43-48-42-37/h15-22,27-28H,7-14,23-24H2,1-6H3. The molecule has 0 saturated heterocycles. The van der Waals surface area contributed by atoms with Gasteiger partial charge in [0.15, 0.2) is 0 Å². The molecular weight excluding hydrogens is 681 g/mol. The Balaban J connectivity index is 1.29. The minimum Gasteiger partial charge on any atom is -0.172 e. The van der Waals surface area contributed by atoms with Crippen LogP contribution in [0, 0.1) is 25.7 Å². The van der Waals surface area contributed by atoms with Crippen LogP contribution in [0.1, 0.15) is 113 Å². The summed E-state index contributed by atoms with van der Waals surface area (Å²) >= 11 is 9.17. The number of hydrogen-bond acceptors (Lipinski definition) is 7. The zero-order valence-corrected chi connectivity index (χ0v) is 33.4. The highest BCUT2D eigenvalue weighted by Crippen LogP contribution is 2.62. The lowest BCUT2D eigenvalue weighted by atomic mass is 9.65. The van der Waals surface area contributed by atoms with Crippen molar-refractivity contribution in [2.75, 3.05) is 0 Å². The Bertz CT molecular complexity index is 1980. The third-order valence-corrected chi connectivity index (χ3v) is 15.9. The van der Waals surface area contributed by atoms with Crippen molar-refractivity contribution in [3.63, 3.8) is 0 Å². The summed E-state index contributed by atoms with van der Waals surface area (Å²) < 4.78 is 9.59. The second-order valence-electron chi connectivity index (χ2n) is 14.0. The zero-order chi connectivity index (χ0) is 33.4. The number of fused-ring (bicyclic) bond motifs is 4. The molecular formula is C41H48N2S5. The van der Waals surface area contributed by atoms with Crippen molar-refractivity contribution in [3.8, 4) is 40.4 Å². The molecule has 0 aliphatic heterocycles. The largest absolute Gasteiger partial charge is 0.172 e. The van der Waals surface area contributed by atoms with Gasteiger partial charge in [-0.25, -0.2) is 0 Å². The van der Waals surface area contributed by atoms with Crippen LogP contribution >= 0.6 is 57.1 Å². The van der Waals surface area contributed by atoms with Gasteiger partial charge < -0.3 is 0 Å². The number of benzene rings is 1. The van der Waals surface area contributed by atoms with E-state index in [0.29, 0.717) is 0 Å². The van der Waals surface area contributed by atoms with Crippen LogP contribution in [-0.4, -0.2) is 8.75 Å². The average Bonchev–Trinajstić information content (AvgIpc) is 3.94. The Labute approximate surface area is 307 Å². The molecule has 1 aromatic carbocycles. The van der Waals surface area contributed by atoms with E-state index in [4.69, 9.17) is 8.75 Å². The second-order valence-corrected chi connectivity index (χ2v) is 19.2. The van der Waals surface area contributed by atoms with Crippen LogP contribution in [0.5, 0.6) is 0 Å². The lowest BCUT2D eigenvalue weighted by Crippen LogP contribution is -2.31. The molecule has 0 spiro atoms. The predicted octanol–water partition coefficient (Wildman–Crippen LogP) is 15.0. The summed E-state index contributed by atoms with van der Waals surface area (Å²) in [7, 11) is 0. The van der Waals surface area contributed by atoms with Crippen LogP contribution in [0.4, 0.5) is 0 Å². The first-order valence-electron chi connectivity index (χ1n) is 18.1. The van der Waals surface area contributed by atoms with E-state index in [0.717, 1.165) is 22.9 Å². The summed E-state index contributed by atoms with van der Waals surface area (Å²) in [6.45, 7) is 14.1. The van der Waals surface area contributed by atoms with Gasteiger partial charge in [-0.3, -0.25) is 0 Å². The van der Waals surface area contributed by atoms with Crippen molar-refractivity contribution < 1.29 is 0 Å². The van der Waals surface area contributed by atoms with Gasteiger partial charge in [0.25, 0.3) is 0 Å². The molecule has 48 heavy (non-hydrogen) atoms. The normalized spacial score (nSPS) is 16.9. The highest BCUT2D eigenvalue weighted by molar-refractivity contribution is 7.27. The lowest BCUT2D eigenvalue weighted by Gasteiger charge is -2.37. The van der Waals surface area contributed by atoms with Crippen LogP contribution in [0.15, 0.2) is 48.5 Å². The third kappa shape index (κ3) is 6.32. The van der Waals surface area contributed by atoms with E-state index < -0.39 is 0 Å². The molecule has 0 radical (unpaired) electrons. The van der Waals surface area contributed by atoms with E-state index in [2.05, 4.69) is 101 Å². The summed E-state index contributed by atoms with van der Waals surface area (Å²) in [6.07, 6.45) is 13.1. The molecule has 1 aliphatic rings. The number of unbranched alkanes of at least 4 members (excludes halogenated alkanes) is 2. The highest BCUT2D eigenvalue weighted by atomic mass is 32.1. The quantitative estimate of drug-likeness (QED) is 0.105. The molecule has 0 saturated carbocycles. The molecule has 7 heteroatoms. The van der Waals surface area contributed by atoms with Crippen molar-refractivity contribution in [2.45, 2.75) is 111 Å². The summed E-state index contributed by atoms with van der Waals surface area (Å²) in [5.74, 6) is 1.53. The first-order valence-corrected chi connectivity index (χ1v) is 22.1. The SMILES string of the molecule is CCCCC(CC)CC1(CC(CC)CCCC)c2cc(C)sc2-c2sc(-c3ccc(-c4ccc(-c5ccc(C)s5)c5nsnc45)s3)cc21. The molecule has 6 aromatic rings. The summed E-state index contributed by atoms with van der Waals surface area (Å²) in [6, 6.07) is 18.8. The van der Waals surface area contributed by atoms with E-state index in [-0.39, 0.29) is 5.41 Å². The van der Waals surface area contributed by atoms with Crippen LogP contribution in [0.25, 0.3) is 51.4 Å². The molecule has 7 rings (SSSR count). The Hall–Kier alpha value is -2.16. The topological polar surface area (TPSA) is 25.8 Å². The van der Waals surface area contributed by atoms with Gasteiger partial charge in [-0.15, -0.1) is 45.3 Å². The van der Waals surface area contributed by atoms with E-state index in [1.165, 1.54) is 116 Å². The van der Waals surface area contributed by atoms with E-state index in [1.54, 1.807) is 20.9 Å². The van der Waals surface area contributed by atoms with Crippen molar-refractivity contribution in [2.24, 2.45) is 11.8 Å². The van der Waals surface area contributed by atoms with Gasteiger partial charge in [-0.2, -0.15) is 8.75 Å². The van der Waals surface area contributed by atoms with Crippen LogP contribution in [0.2, 0.25) is 0 Å². The number of hydrogen-bond donors (Lipinski definition) is 0. The Morgan fingerprint density at radius 3 is 1.73 bits per heavy atom. The van der Waals surface area contributed by atoms with E-state index >= 15 is 0 Å². The van der Waals surface area contributed by atoms with Gasteiger partial charge in [-0.1, -0.05) is 91.2 Å². The maximum absolute atomic E-state index is 4.82. The Kier molecular flexibility index (Phi) is 10.4. The van der Waals surface area contributed by atoms with Crippen LogP contribution < -0.4 is 0 Å². The Morgan fingerprint density at radius 1 is 0.583 bits per heavy atom. The average molecular weight is 729 g/mol. The maximum Gasteiger partial charge on any atom is 0.114 e. The van der Waals surface area contributed by atoms with Crippen molar-refractivity contribution in [1.82, 2.24) is 8.75 Å². The minimum atomic E-state index is 0.126. The van der Waals surface area contributed by atoms with Crippen molar-refractivity contribution >= 4 is 68.1 Å². The monoisotopic (exact) mass is 728 g/mol. The van der Waals surface area contributed by atoms with Gasteiger partial charge in [0.2, 0.25) is 0 Å².